The summed E-state index contributed by atoms with van der Waals surface area (Å²) in [6.07, 6.45) is 0. The molecule has 2 unspecified atom stereocenters. The molecule has 2 rings (SSSR count). The summed E-state index contributed by atoms with van der Waals surface area (Å²) in [6, 6.07) is 6.27. The Morgan fingerprint density at radius 3 is 2.52 bits per heavy atom. The fourth-order valence-corrected chi connectivity index (χ4v) is 3.03. The summed E-state index contributed by atoms with van der Waals surface area (Å²) in [5, 5.41) is 9.49. The molecule has 5 nitrogen and oxygen atoms in total. The molecular formula is C14H20FNO4S. The van der Waals surface area contributed by atoms with Gasteiger partial charge in [-0.1, -0.05) is 29.9 Å². The topological polar surface area (TPSA) is 66.8 Å². The highest BCUT2D eigenvalue weighted by Gasteiger charge is 2.39. The lowest BCUT2D eigenvalue weighted by Crippen LogP contribution is -2.30. The zero-order valence-electron chi connectivity index (χ0n) is 12.1. The number of nitrogens with zero attached hydrogens (tertiary/aromatic N) is 1. The van der Waals surface area contributed by atoms with Crippen molar-refractivity contribution >= 4 is 10.5 Å². The van der Waals surface area contributed by atoms with Gasteiger partial charge in [-0.15, -0.1) is 0 Å². The lowest BCUT2D eigenvalue weighted by molar-refractivity contribution is 0.117. The van der Waals surface area contributed by atoms with E-state index in [2.05, 4.69) is 22.9 Å². The van der Waals surface area contributed by atoms with Gasteiger partial charge in [0.25, 0.3) is 0 Å². The third kappa shape index (κ3) is 4.15. The maximum Gasteiger partial charge on any atom is 0.488 e. The van der Waals surface area contributed by atoms with Crippen LogP contribution in [-0.2, 0) is 17.0 Å². The van der Waals surface area contributed by atoms with E-state index in [9.17, 15) is 17.4 Å². The van der Waals surface area contributed by atoms with Gasteiger partial charge in [0.15, 0.2) is 0 Å². The molecule has 1 aliphatic rings. The Morgan fingerprint density at radius 1 is 1.43 bits per heavy atom. The van der Waals surface area contributed by atoms with Crippen molar-refractivity contribution < 1.29 is 21.6 Å². The van der Waals surface area contributed by atoms with Gasteiger partial charge in [0.2, 0.25) is 0 Å². The molecule has 1 aromatic rings. The Hall–Kier alpha value is -1.18. The van der Waals surface area contributed by atoms with Crippen LogP contribution in [-0.4, -0.2) is 38.1 Å². The van der Waals surface area contributed by atoms with Crippen molar-refractivity contribution in [3.05, 3.63) is 29.8 Å². The molecule has 118 valence electrons. The number of hydrogen-bond donors (Lipinski definition) is 1. The third-order valence-electron chi connectivity index (χ3n) is 4.19. The van der Waals surface area contributed by atoms with Gasteiger partial charge in [-0.05, 0) is 23.6 Å². The van der Waals surface area contributed by atoms with E-state index in [4.69, 9.17) is 0 Å². The van der Waals surface area contributed by atoms with Crippen LogP contribution in [0.5, 0.6) is 5.75 Å². The summed E-state index contributed by atoms with van der Waals surface area (Å²) >= 11 is 0. The van der Waals surface area contributed by atoms with Gasteiger partial charge in [-0.3, -0.25) is 4.90 Å². The van der Waals surface area contributed by atoms with Crippen LogP contribution >= 0.6 is 0 Å². The van der Waals surface area contributed by atoms with Crippen LogP contribution in [0.4, 0.5) is 3.89 Å². The van der Waals surface area contributed by atoms with Gasteiger partial charge in [-0.2, -0.15) is 8.42 Å². The number of aliphatic hydroxyl groups is 1. The number of rotatable bonds is 5. The molecule has 1 heterocycles. The van der Waals surface area contributed by atoms with E-state index in [1.54, 1.807) is 12.1 Å². The lowest BCUT2D eigenvalue weighted by Gasteiger charge is -2.25. The summed E-state index contributed by atoms with van der Waals surface area (Å²) in [5.74, 6) is 0.359. The second kappa shape index (κ2) is 5.90. The van der Waals surface area contributed by atoms with Crippen molar-refractivity contribution in [2.45, 2.75) is 20.4 Å². The average molecular weight is 317 g/mol. The first-order chi connectivity index (χ1) is 9.72. The first-order valence-corrected chi connectivity index (χ1v) is 8.09. The average Bonchev–Trinajstić information content (AvgIpc) is 2.66. The van der Waals surface area contributed by atoms with Gasteiger partial charge in [0.1, 0.15) is 5.75 Å². The van der Waals surface area contributed by atoms with Crippen molar-refractivity contribution in [3.63, 3.8) is 0 Å². The largest absolute Gasteiger partial charge is 0.488 e. The molecular weight excluding hydrogens is 297 g/mol. The smallest absolute Gasteiger partial charge is 0.396 e. The van der Waals surface area contributed by atoms with Crippen LogP contribution in [0.1, 0.15) is 19.4 Å². The van der Waals surface area contributed by atoms with Crippen LogP contribution in [0, 0.1) is 11.3 Å². The molecule has 0 saturated carbocycles. The Kier molecular flexibility index (Phi) is 4.55. The van der Waals surface area contributed by atoms with Crippen LogP contribution in [0.25, 0.3) is 0 Å². The van der Waals surface area contributed by atoms with Gasteiger partial charge < -0.3 is 9.29 Å². The van der Waals surface area contributed by atoms with Crippen LogP contribution < -0.4 is 4.18 Å². The number of hydrogen-bond acceptors (Lipinski definition) is 5. The molecule has 1 N–H and O–H groups in total. The maximum atomic E-state index is 12.4. The number of benzene rings is 1. The maximum absolute atomic E-state index is 12.4. The second-order valence-electron chi connectivity index (χ2n) is 6.00. The van der Waals surface area contributed by atoms with E-state index < -0.39 is 10.5 Å². The zero-order chi connectivity index (χ0) is 15.7. The van der Waals surface area contributed by atoms with E-state index in [0.29, 0.717) is 12.5 Å². The molecule has 2 atom stereocenters. The Balaban J connectivity index is 1.99. The SMILES string of the molecule is CC1CN(Cc2ccc(OS(=O)(=O)F)cc2)CC1(C)CO. The molecule has 21 heavy (non-hydrogen) atoms. The van der Waals surface area contributed by atoms with Crippen molar-refractivity contribution in [3.8, 4) is 5.75 Å². The molecule has 1 fully saturated rings. The summed E-state index contributed by atoms with van der Waals surface area (Å²) in [6.45, 7) is 6.75. The molecule has 0 amide bonds. The zero-order valence-corrected chi connectivity index (χ0v) is 12.9. The van der Waals surface area contributed by atoms with Crippen molar-refractivity contribution in [1.29, 1.82) is 0 Å². The summed E-state index contributed by atoms with van der Waals surface area (Å²) in [7, 11) is -4.98. The molecule has 1 aliphatic heterocycles. The first-order valence-electron chi connectivity index (χ1n) is 6.78. The van der Waals surface area contributed by atoms with E-state index in [0.717, 1.165) is 18.7 Å². The fourth-order valence-electron chi connectivity index (χ4n) is 2.69. The molecule has 0 bridgehead atoms. The minimum absolute atomic E-state index is 0.0452. The Morgan fingerprint density at radius 2 is 2.05 bits per heavy atom. The molecule has 7 heteroatoms. The molecule has 0 aromatic heterocycles. The molecule has 0 spiro atoms. The van der Waals surface area contributed by atoms with Crippen LogP contribution in [0.2, 0.25) is 0 Å². The molecule has 0 radical (unpaired) electrons. The summed E-state index contributed by atoms with van der Waals surface area (Å²) in [5.41, 5.74) is 0.888. The highest BCUT2D eigenvalue weighted by Crippen LogP contribution is 2.35. The highest BCUT2D eigenvalue weighted by molar-refractivity contribution is 7.81. The first kappa shape index (κ1) is 16.2. The quantitative estimate of drug-likeness (QED) is 0.838. The predicted octanol–water partition coefficient (Wildman–Crippen LogP) is 1.73. The molecule has 1 aromatic carbocycles. The normalized spacial score (nSPS) is 27.0. The second-order valence-corrected chi connectivity index (χ2v) is 6.96. The van der Waals surface area contributed by atoms with Gasteiger partial charge in [0, 0.05) is 31.7 Å². The van der Waals surface area contributed by atoms with Crippen molar-refractivity contribution in [1.82, 2.24) is 4.90 Å². The molecule has 0 aliphatic carbocycles. The summed E-state index contributed by atoms with van der Waals surface area (Å²) < 4.78 is 37.3. The van der Waals surface area contributed by atoms with E-state index >= 15 is 0 Å². The third-order valence-corrected chi connectivity index (χ3v) is 4.58. The van der Waals surface area contributed by atoms with Crippen molar-refractivity contribution in [2.75, 3.05) is 19.7 Å². The number of halogens is 1. The van der Waals surface area contributed by atoms with Gasteiger partial charge in [-0.25, -0.2) is 0 Å². The minimum atomic E-state index is -4.98. The lowest BCUT2D eigenvalue weighted by atomic mass is 9.82. The molecule has 1 saturated heterocycles. The van der Waals surface area contributed by atoms with Crippen molar-refractivity contribution in [2.24, 2.45) is 11.3 Å². The number of aliphatic hydroxyl groups excluding tert-OH is 1. The Labute approximate surface area is 124 Å². The summed E-state index contributed by atoms with van der Waals surface area (Å²) in [4.78, 5) is 2.24. The van der Waals surface area contributed by atoms with Gasteiger partial charge >= 0.3 is 10.5 Å². The van der Waals surface area contributed by atoms with Crippen LogP contribution in [0.3, 0.4) is 0 Å². The number of likely N-dealkylation sites (tertiary alicyclic amines) is 1. The van der Waals surface area contributed by atoms with Crippen LogP contribution in [0.15, 0.2) is 24.3 Å². The highest BCUT2D eigenvalue weighted by atomic mass is 32.3. The van der Waals surface area contributed by atoms with Gasteiger partial charge in [0.05, 0.1) is 0 Å². The predicted molar refractivity (Wildman–Crippen MR) is 76.7 cm³/mol. The monoisotopic (exact) mass is 317 g/mol. The minimum Gasteiger partial charge on any atom is -0.396 e. The fraction of sp³-hybridized carbons (Fsp3) is 0.571. The van der Waals surface area contributed by atoms with E-state index in [1.165, 1.54) is 12.1 Å². The van der Waals surface area contributed by atoms with E-state index in [1.807, 2.05) is 0 Å². The standard InChI is InChI=1S/C14H20FNO4S/c1-11-7-16(9-14(11,2)10-17)8-12-3-5-13(6-4-12)20-21(15,18)19/h3-6,11,17H,7-10H2,1-2H3. The Bertz CT molecular complexity index is 589. The van der Waals surface area contributed by atoms with E-state index in [-0.39, 0.29) is 17.8 Å².